The fourth-order valence-electron chi connectivity index (χ4n) is 6.27. The first-order chi connectivity index (χ1) is 19.5. The summed E-state index contributed by atoms with van der Waals surface area (Å²) in [6.07, 6.45) is 11.7. The average Bonchev–Trinajstić information content (AvgIpc) is 3.55. The number of H-pyrrole nitrogens is 1. The summed E-state index contributed by atoms with van der Waals surface area (Å²) in [4.78, 5) is 31.5. The Labute approximate surface area is 235 Å². The van der Waals surface area contributed by atoms with E-state index in [9.17, 15) is 9.59 Å². The number of aryl methyl sites for hydroxylation is 1. The molecule has 0 amide bonds. The molecule has 9 heteroatoms. The van der Waals surface area contributed by atoms with Gasteiger partial charge in [0.25, 0.3) is 0 Å². The van der Waals surface area contributed by atoms with E-state index in [2.05, 4.69) is 39.5 Å². The van der Waals surface area contributed by atoms with Gasteiger partial charge in [0.05, 0.1) is 18.3 Å². The Balaban J connectivity index is 1.51. The lowest BCUT2D eigenvalue weighted by atomic mass is 9.83. The predicted octanol–water partition coefficient (Wildman–Crippen LogP) is 5.63. The van der Waals surface area contributed by atoms with Crippen LogP contribution in [0.2, 0.25) is 0 Å². The van der Waals surface area contributed by atoms with E-state index in [-0.39, 0.29) is 23.4 Å². The van der Waals surface area contributed by atoms with Gasteiger partial charge in [0.15, 0.2) is 0 Å². The lowest BCUT2D eigenvalue weighted by molar-refractivity contribution is -0.122. The van der Waals surface area contributed by atoms with Crippen molar-refractivity contribution in [3.8, 4) is 22.5 Å². The topological polar surface area (TPSA) is 111 Å². The van der Waals surface area contributed by atoms with Gasteiger partial charge in [0, 0.05) is 29.6 Å². The van der Waals surface area contributed by atoms with E-state index >= 15 is 0 Å². The number of carbonyl (C=O) groups is 1. The number of carbonyl (C=O) groups excluding carboxylic acids is 1. The van der Waals surface area contributed by atoms with E-state index in [1.807, 2.05) is 51.7 Å². The summed E-state index contributed by atoms with van der Waals surface area (Å²) in [7, 11) is 0. The summed E-state index contributed by atoms with van der Waals surface area (Å²) in [6, 6.07) is 11.9. The molecule has 5 rings (SSSR count). The third-order valence-electron chi connectivity index (χ3n) is 8.41. The molecular formula is C31H39N7O2. The zero-order chi connectivity index (χ0) is 28.1. The molecule has 40 heavy (non-hydrogen) atoms. The van der Waals surface area contributed by atoms with E-state index < -0.39 is 0 Å². The van der Waals surface area contributed by atoms with Crippen LogP contribution in [0, 0.1) is 11.8 Å². The number of benzene rings is 1. The van der Waals surface area contributed by atoms with Gasteiger partial charge >= 0.3 is 5.69 Å². The Bertz CT molecular complexity index is 1490. The molecule has 1 N–H and O–H groups in total. The highest BCUT2D eigenvalue weighted by molar-refractivity contribution is 5.79. The number of unbranched alkanes of at least 4 members (excludes halogenated alkanes) is 1. The fourth-order valence-corrected chi connectivity index (χ4v) is 6.27. The molecular weight excluding hydrogens is 502 g/mol. The van der Waals surface area contributed by atoms with Gasteiger partial charge in [-0.05, 0) is 73.1 Å². The molecule has 1 saturated carbocycles. The van der Waals surface area contributed by atoms with Crippen LogP contribution in [0.25, 0.3) is 22.5 Å². The minimum absolute atomic E-state index is 0.0333. The first kappa shape index (κ1) is 27.7. The number of pyridine rings is 1. The maximum atomic E-state index is 14.1. The van der Waals surface area contributed by atoms with Gasteiger partial charge in [0.1, 0.15) is 5.78 Å². The van der Waals surface area contributed by atoms with Crippen molar-refractivity contribution in [2.45, 2.75) is 84.7 Å². The fraction of sp³-hybridized carbons (Fsp3) is 0.484. The summed E-state index contributed by atoms with van der Waals surface area (Å²) < 4.78 is 3.79. The molecule has 3 atom stereocenters. The minimum atomic E-state index is -0.118. The molecule has 9 nitrogen and oxygen atoms in total. The quantitative estimate of drug-likeness (QED) is 0.261. The van der Waals surface area contributed by atoms with Crippen LogP contribution in [-0.2, 0) is 17.8 Å². The highest BCUT2D eigenvalue weighted by atomic mass is 16.2. The smallest absolute Gasteiger partial charge is 0.300 e. The van der Waals surface area contributed by atoms with Crippen molar-refractivity contribution in [3.05, 3.63) is 70.7 Å². The van der Waals surface area contributed by atoms with E-state index in [4.69, 9.17) is 0 Å². The monoisotopic (exact) mass is 541 g/mol. The van der Waals surface area contributed by atoms with Gasteiger partial charge < -0.3 is 0 Å². The Hall–Kier alpha value is -3.88. The van der Waals surface area contributed by atoms with Gasteiger partial charge in [-0.3, -0.25) is 18.9 Å². The van der Waals surface area contributed by atoms with Gasteiger partial charge in [-0.2, -0.15) is 5.21 Å². The molecule has 0 saturated heterocycles. The lowest BCUT2D eigenvalue weighted by Crippen LogP contribution is -2.37. The van der Waals surface area contributed by atoms with Crippen LogP contribution in [0.5, 0.6) is 0 Å². The molecule has 3 heterocycles. The van der Waals surface area contributed by atoms with Crippen molar-refractivity contribution < 1.29 is 4.79 Å². The Morgan fingerprint density at radius 1 is 1.07 bits per heavy atom. The Morgan fingerprint density at radius 3 is 2.62 bits per heavy atom. The number of rotatable bonds is 10. The zero-order valence-corrected chi connectivity index (χ0v) is 23.7. The molecule has 3 unspecified atom stereocenters. The molecule has 210 valence electrons. The highest BCUT2D eigenvalue weighted by Crippen LogP contribution is 2.39. The number of nitrogens with zero attached hydrogens (tertiary/aromatic N) is 6. The SMILES string of the molecule is CCCCc1cn(C2C(CC)CCCCC2C(C)=O)c(=O)n1Cc1cc(-c2cccc(-c3nn[nH]n3)c2)ccn1. The van der Waals surface area contributed by atoms with Crippen molar-refractivity contribution in [3.63, 3.8) is 0 Å². The molecule has 1 aromatic carbocycles. The summed E-state index contributed by atoms with van der Waals surface area (Å²) in [5.74, 6) is 0.930. The molecule has 0 bridgehead atoms. The number of ketones is 1. The molecule has 1 fully saturated rings. The van der Waals surface area contributed by atoms with Gasteiger partial charge in [-0.15, -0.1) is 10.2 Å². The maximum absolute atomic E-state index is 14.1. The summed E-state index contributed by atoms with van der Waals surface area (Å²) in [5.41, 5.74) is 4.68. The second-order valence-corrected chi connectivity index (χ2v) is 11.0. The first-order valence-corrected chi connectivity index (χ1v) is 14.6. The standard InChI is InChI=1S/C31H39N7O2/c1-4-6-13-27-20-38(29-22(5-2)10-7-8-14-28(29)21(3)39)31(40)37(27)19-26-18-24(15-16-32-26)23-11-9-12-25(17-23)30-33-35-36-34-30/h9,11-12,15-18,20,22,28-29H,4-8,10,13-14,19H2,1-3H3,(H,33,34,35,36). The summed E-state index contributed by atoms with van der Waals surface area (Å²) in [5, 5.41) is 14.3. The second kappa shape index (κ2) is 12.5. The van der Waals surface area contributed by atoms with E-state index in [1.54, 1.807) is 13.1 Å². The van der Waals surface area contributed by atoms with Crippen molar-refractivity contribution >= 4 is 5.78 Å². The van der Waals surface area contributed by atoms with Crippen molar-refractivity contribution in [1.82, 2.24) is 34.7 Å². The van der Waals surface area contributed by atoms with Crippen LogP contribution in [0.3, 0.4) is 0 Å². The number of aromatic amines is 1. The number of imidazole rings is 1. The number of nitrogens with one attached hydrogen (secondary N) is 1. The Morgan fingerprint density at radius 2 is 1.88 bits per heavy atom. The maximum Gasteiger partial charge on any atom is 0.328 e. The van der Waals surface area contributed by atoms with Gasteiger partial charge in [-0.1, -0.05) is 57.7 Å². The average molecular weight is 542 g/mol. The highest BCUT2D eigenvalue weighted by Gasteiger charge is 2.36. The second-order valence-electron chi connectivity index (χ2n) is 11.0. The minimum Gasteiger partial charge on any atom is -0.300 e. The summed E-state index contributed by atoms with van der Waals surface area (Å²) >= 11 is 0. The van der Waals surface area contributed by atoms with Crippen LogP contribution >= 0.6 is 0 Å². The first-order valence-electron chi connectivity index (χ1n) is 14.6. The molecule has 4 aromatic rings. The Kier molecular flexibility index (Phi) is 8.67. The zero-order valence-electron chi connectivity index (χ0n) is 23.7. The summed E-state index contributed by atoms with van der Waals surface area (Å²) in [6.45, 7) is 6.43. The number of hydrogen-bond donors (Lipinski definition) is 1. The van der Waals surface area contributed by atoms with Crippen molar-refractivity contribution in [2.75, 3.05) is 0 Å². The largest absolute Gasteiger partial charge is 0.328 e. The van der Waals surface area contributed by atoms with Crippen LogP contribution in [0.4, 0.5) is 0 Å². The molecule has 0 radical (unpaired) electrons. The lowest BCUT2D eigenvalue weighted by Gasteiger charge is -2.30. The van der Waals surface area contributed by atoms with Crippen molar-refractivity contribution in [1.29, 1.82) is 0 Å². The van der Waals surface area contributed by atoms with E-state index in [0.717, 1.165) is 79.4 Å². The molecule has 3 aromatic heterocycles. The van der Waals surface area contributed by atoms with Crippen LogP contribution in [-0.4, -0.2) is 40.5 Å². The number of Topliss-reactive ketones (excluding diaryl/α,β-unsaturated/α-hetero) is 1. The molecule has 0 spiro atoms. The molecule has 1 aliphatic rings. The van der Waals surface area contributed by atoms with Crippen LogP contribution < -0.4 is 5.69 Å². The van der Waals surface area contributed by atoms with Crippen molar-refractivity contribution in [2.24, 2.45) is 11.8 Å². The number of hydrogen-bond acceptors (Lipinski definition) is 6. The van der Waals surface area contributed by atoms with Crippen LogP contribution in [0.15, 0.2) is 53.6 Å². The molecule has 1 aliphatic carbocycles. The van der Waals surface area contributed by atoms with E-state index in [0.29, 0.717) is 18.3 Å². The molecule has 0 aliphatic heterocycles. The van der Waals surface area contributed by atoms with Gasteiger partial charge in [-0.25, -0.2) is 4.79 Å². The third kappa shape index (κ3) is 5.83. The predicted molar refractivity (Wildman–Crippen MR) is 155 cm³/mol. The third-order valence-corrected chi connectivity index (χ3v) is 8.41. The number of tetrazole rings is 1. The number of aromatic nitrogens is 7. The van der Waals surface area contributed by atoms with Crippen LogP contribution in [0.1, 0.15) is 83.1 Å². The normalized spacial score (nSPS) is 19.4. The van der Waals surface area contributed by atoms with E-state index in [1.165, 1.54) is 0 Å². The van der Waals surface area contributed by atoms with Gasteiger partial charge in [0.2, 0.25) is 5.82 Å².